The van der Waals surface area contributed by atoms with Crippen molar-refractivity contribution in [3.05, 3.63) is 0 Å². The molecule has 0 bridgehead atoms. The molecule has 3 nitrogen and oxygen atoms in total. The molecule has 1 aliphatic rings. The number of amides is 1. The van der Waals surface area contributed by atoms with Crippen LogP contribution in [-0.4, -0.2) is 24.0 Å². The van der Waals surface area contributed by atoms with E-state index in [0.717, 1.165) is 18.8 Å². The zero-order valence-electron chi connectivity index (χ0n) is 13.3. The van der Waals surface area contributed by atoms with Crippen LogP contribution >= 0.6 is 0 Å². The lowest BCUT2D eigenvalue weighted by Gasteiger charge is -2.26. The van der Waals surface area contributed by atoms with E-state index in [2.05, 4.69) is 38.3 Å². The summed E-state index contributed by atoms with van der Waals surface area (Å²) >= 11 is 0. The first-order chi connectivity index (χ1) is 9.03. The van der Waals surface area contributed by atoms with E-state index in [0.29, 0.717) is 18.0 Å². The van der Waals surface area contributed by atoms with E-state index in [1.807, 2.05) is 6.92 Å². The van der Waals surface area contributed by atoms with Gasteiger partial charge < -0.3 is 10.6 Å². The van der Waals surface area contributed by atoms with Crippen LogP contribution < -0.4 is 10.6 Å². The summed E-state index contributed by atoms with van der Waals surface area (Å²) in [6.07, 6.45) is 5.78. The van der Waals surface area contributed by atoms with E-state index >= 15 is 0 Å². The Labute approximate surface area is 118 Å². The summed E-state index contributed by atoms with van der Waals surface area (Å²) in [4.78, 5) is 12.1. The van der Waals surface area contributed by atoms with Crippen LogP contribution in [0.4, 0.5) is 0 Å². The molecular weight excluding hydrogens is 236 g/mol. The largest absolute Gasteiger partial charge is 0.352 e. The summed E-state index contributed by atoms with van der Waals surface area (Å²) in [5.74, 6) is 1.67. The molecule has 2 N–H and O–H groups in total. The summed E-state index contributed by atoms with van der Waals surface area (Å²) in [6.45, 7) is 10.8. The third-order valence-electron chi connectivity index (χ3n) is 4.94. The van der Waals surface area contributed by atoms with E-state index in [1.165, 1.54) is 19.3 Å². The van der Waals surface area contributed by atoms with Gasteiger partial charge in [0.05, 0.1) is 6.04 Å². The van der Waals surface area contributed by atoms with Crippen molar-refractivity contribution in [2.24, 2.45) is 11.8 Å². The molecule has 4 atom stereocenters. The van der Waals surface area contributed by atoms with Crippen molar-refractivity contribution in [1.82, 2.24) is 10.6 Å². The number of hydrogen-bond acceptors (Lipinski definition) is 2. The number of carbonyl (C=O) groups excluding carboxylic acids is 1. The second-order valence-corrected chi connectivity index (χ2v) is 6.12. The van der Waals surface area contributed by atoms with Gasteiger partial charge in [0, 0.05) is 12.1 Å². The van der Waals surface area contributed by atoms with Gasteiger partial charge in [0.1, 0.15) is 0 Å². The first-order valence-corrected chi connectivity index (χ1v) is 8.09. The van der Waals surface area contributed by atoms with E-state index in [4.69, 9.17) is 0 Å². The van der Waals surface area contributed by atoms with Gasteiger partial charge in [-0.3, -0.25) is 4.79 Å². The molecule has 0 aromatic carbocycles. The molecule has 0 spiro atoms. The molecule has 0 radical (unpaired) electrons. The normalized spacial score (nSPS) is 28.6. The predicted octanol–water partition coefficient (Wildman–Crippen LogP) is 3.09. The maximum absolute atomic E-state index is 12.1. The quantitative estimate of drug-likeness (QED) is 0.745. The molecule has 1 amide bonds. The van der Waals surface area contributed by atoms with Crippen molar-refractivity contribution in [2.45, 2.75) is 84.8 Å². The smallest absolute Gasteiger partial charge is 0.237 e. The fourth-order valence-electron chi connectivity index (χ4n) is 3.27. The van der Waals surface area contributed by atoms with E-state index < -0.39 is 0 Å². The van der Waals surface area contributed by atoms with E-state index in [-0.39, 0.29) is 11.9 Å². The molecule has 1 fully saturated rings. The van der Waals surface area contributed by atoms with Crippen LogP contribution in [0.1, 0.15) is 66.7 Å². The molecule has 1 aliphatic carbocycles. The average Bonchev–Trinajstić information content (AvgIpc) is 2.76. The fourth-order valence-corrected chi connectivity index (χ4v) is 3.27. The highest BCUT2D eigenvalue weighted by Gasteiger charge is 2.33. The van der Waals surface area contributed by atoms with Crippen molar-refractivity contribution < 1.29 is 4.79 Å². The minimum atomic E-state index is -0.0799. The van der Waals surface area contributed by atoms with Crippen LogP contribution in [0.2, 0.25) is 0 Å². The lowest BCUT2D eigenvalue weighted by Crippen LogP contribution is -2.50. The molecule has 0 saturated heterocycles. The van der Waals surface area contributed by atoms with Crippen molar-refractivity contribution in [3.8, 4) is 0 Å². The van der Waals surface area contributed by atoms with Gasteiger partial charge in [-0.15, -0.1) is 0 Å². The highest BCUT2D eigenvalue weighted by Crippen LogP contribution is 2.34. The highest BCUT2D eigenvalue weighted by atomic mass is 16.2. The van der Waals surface area contributed by atoms with Crippen LogP contribution in [0, 0.1) is 11.8 Å². The van der Waals surface area contributed by atoms with Gasteiger partial charge in [0.25, 0.3) is 0 Å². The van der Waals surface area contributed by atoms with Crippen molar-refractivity contribution in [2.75, 3.05) is 0 Å². The van der Waals surface area contributed by atoms with Crippen LogP contribution in [-0.2, 0) is 4.79 Å². The van der Waals surface area contributed by atoms with E-state index in [1.54, 1.807) is 0 Å². The Morgan fingerprint density at radius 2 is 1.84 bits per heavy atom. The minimum Gasteiger partial charge on any atom is -0.352 e. The second-order valence-electron chi connectivity index (χ2n) is 6.12. The van der Waals surface area contributed by atoms with Gasteiger partial charge in [-0.1, -0.05) is 34.1 Å². The molecule has 4 unspecified atom stereocenters. The molecule has 3 heteroatoms. The Morgan fingerprint density at radius 1 is 1.21 bits per heavy atom. The minimum absolute atomic E-state index is 0.0799. The summed E-state index contributed by atoms with van der Waals surface area (Å²) in [5.41, 5.74) is 0. The van der Waals surface area contributed by atoms with Crippen LogP contribution in [0.25, 0.3) is 0 Å². The highest BCUT2D eigenvalue weighted by molar-refractivity contribution is 5.81. The van der Waals surface area contributed by atoms with Crippen molar-refractivity contribution >= 4 is 5.91 Å². The lowest BCUT2D eigenvalue weighted by atomic mass is 9.93. The number of rotatable bonds is 7. The van der Waals surface area contributed by atoms with Gasteiger partial charge in [-0.05, 0) is 44.4 Å². The number of nitrogens with one attached hydrogen (secondary N) is 2. The van der Waals surface area contributed by atoms with Crippen LogP contribution in [0.5, 0.6) is 0 Å². The van der Waals surface area contributed by atoms with Gasteiger partial charge >= 0.3 is 0 Å². The Bertz CT molecular complexity index is 276. The second kappa shape index (κ2) is 7.88. The monoisotopic (exact) mass is 268 g/mol. The van der Waals surface area contributed by atoms with Crippen LogP contribution in [0.15, 0.2) is 0 Å². The fraction of sp³-hybridized carbons (Fsp3) is 0.938. The summed E-state index contributed by atoms with van der Waals surface area (Å²) in [7, 11) is 0. The molecule has 1 rings (SSSR count). The van der Waals surface area contributed by atoms with Gasteiger partial charge in [0.2, 0.25) is 5.91 Å². The summed E-state index contributed by atoms with van der Waals surface area (Å²) in [6, 6.07) is 0.747. The SMILES string of the molecule is CCC(CC)NC(=O)C(C)NC1CCC(CC)C1C. The molecule has 1 saturated carbocycles. The van der Waals surface area contributed by atoms with Gasteiger partial charge in [-0.25, -0.2) is 0 Å². The number of hydrogen-bond donors (Lipinski definition) is 2. The molecular formula is C16H32N2O. The predicted molar refractivity (Wildman–Crippen MR) is 81.1 cm³/mol. The maximum atomic E-state index is 12.1. The molecule has 19 heavy (non-hydrogen) atoms. The molecule has 0 aromatic rings. The summed E-state index contributed by atoms with van der Waals surface area (Å²) in [5, 5.41) is 6.66. The lowest BCUT2D eigenvalue weighted by molar-refractivity contribution is -0.123. The van der Waals surface area contributed by atoms with Gasteiger partial charge in [0.15, 0.2) is 0 Å². The van der Waals surface area contributed by atoms with Crippen LogP contribution in [0.3, 0.4) is 0 Å². The topological polar surface area (TPSA) is 41.1 Å². The van der Waals surface area contributed by atoms with E-state index in [9.17, 15) is 4.79 Å². The third-order valence-corrected chi connectivity index (χ3v) is 4.94. The Balaban J connectivity index is 2.42. The maximum Gasteiger partial charge on any atom is 0.237 e. The molecule has 0 aliphatic heterocycles. The first-order valence-electron chi connectivity index (χ1n) is 8.09. The molecule has 0 aromatic heterocycles. The number of carbonyl (C=O) groups is 1. The Kier molecular flexibility index (Phi) is 6.84. The standard InChI is InChI=1S/C16H32N2O/c1-6-13-9-10-15(11(13)4)17-12(5)16(19)18-14(7-2)8-3/h11-15,17H,6-10H2,1-5H3,(H,18,19). The molecule has 112 valence electrons. The first kappa shape index (κ1) is 16.5. The van der Waals surface area contributed by atoms with Gasteiger partial charge in [-0.2, -0.15) is 0 Å². The van der Waals surface area contributed by atoms with Crippen molar-refractivity contribution in [3.63, 3.8) is 0 Å². The van der Waals surface area contributed by atoms with Crippen molar-refractivity contribution in [1.29, 1.82) is 0 Å². The third kappa shape index (κ3) is 4.48. The Hall–Kier alpha value is -0.570. The Morgan fingerprint density at radius 3 is 2.32 bits per heavy atom. The summed E-state index contributed by atoms with van der Waals surface area (Å²) < 4.78 is 0. The zero-order valence-corrected chi connectivity index (χ0v) is 13.3. The zero-order chi connectivity index (χ0) is 14.4. The molecule has 0 heterocycles. The average molecular weight is 268 g/mol.